The van der Waals surface area contributed by atoms with Crippen molar-refractivity contribution < 1.29 is 14.3 Å². The first-order valence-corrected chi connectivity index (χ1v) is 7.89. The molecule has 1 aliphatic rings. The third-order valence-corrected chi connectivity index (χ3v) is 4.60. The molecule has 1 saturated carbocycles. The summed E-state index contributed by atoms with van der Waals surface area (Å²) in [5, 5.41) is 0. The second-order valence-electron chi connectivity index (χ2n) is 4.61. The van der Waals surface area contributed by atoms with Gasteiger partial charge in [0.05, 0.1) is 22.7 Å². The summed E-state index contributed by atoms with van der Waals surface area (Å²) < 4.78 is 12.7. The van der Waals surface area contributed by atoms with E-state index in [1.54, 1.807) is 7.11 Å². The number of carbonyl (C=O) groups is 1. The van der Waals surface area contributed by atoms with Crippen molar-refractivity contribution >= 4 is 37.6 Å². The second kappa shape index (κ2) is 6.75. The van der Waals surface area contributed by atoms with Crippen LogP contribution in [0.3, 0.4) is 0 Å². The number of benzene rings is 1. The van der Waals surface area contributed by atoms with E-state index in [2.05, 4.69) is 31.9 Å². The van der Waals surface area contributed by atoms with Gasteiger partial charge in [0, 0.05) is 12.3 Å². The SMILES string of the molecule is COc1cc(Br)c(OCCC2CCCC2=O)cc1Br. The Hall–Kier alpha value is -0.550. The summed E-state index contributed by atoms with van der Waals surface area (Å²) in [5.41, 5.74) is 0. The predicted molar refractivity (Wildman–Crippen MR) is 80.9 cm³/mol. The van der Waals surface area contributed by atoms with E-state index in [0.29, 0.717) is 12.4 Å². The molecular formula is C14H16Br2O3. The average Bonchev–Trinajstić information content (AvgIpc) is 2.79. The van der Waals surface area contributed by atoms with E-state index in [1.165, 1.54) is 0 Å². The Morgan fingerprint density at radius 2 is 1.95 bits per heavy atom. The lowest BCUT2D eigenvalue weighted by atomic mass is 10.0. The Labute approximate surface area is 129 Å². The summed E-state index contributed by atoms with van der Waals surface area (Å²) in [6.07, 6.45) is 3.58. The molecule has 1 unspecified atom stereocenters. The maximum atomic E-state index is 11.5. The van der Waals surface area contributed by atoms with Gasteiger partial charge in [0.1, 0.15) is 17.3 Å². The number of methoxy groups -OCH3 is 1. The topological polar surface area (TPSA) is 35.5 Å². The molecule has 19 heavy (non-hydrogen) atoms. The van der Waals surface area contributed by atoms with E-state index in [9.17, 15) is 4.79 Å². The highest BCUT2D eigenvalue weighted by atomic mass is 79.9. The van der Waals surface area contributed by atoms with Crippen molar-refractivity contribution in [1.82, 2.24) is 0 Å². The van der Waals surface area contributed by atoms with Gasteiger partial charge in [-0.2, -0.15) is 0 Å². The van der Waals surface area contributed by atoms with Crippen LogP contribution in [0.25, 0.3) is 0 Å². The number of ketones is 1. The monoisotopic (exact) mass is 390 g/mol. The Morgan fingerprint density at radius 3 is 2.58 bits per heavy atom. The van der Waals surface area contributed by atoms with Crippen LogP contribution in [-0.2, 0) is 4.79 Å². The molecule has 0 saturated heterocycles. The number of ether oxygens (including phenoxy) is 2. The fourth-order valence-corrected chi connectivity index (χ4v) is 3.20. The summed E-state index contributed by atoms with van der Waals surface area (Å²) >= 11 is 6.88. The van der Waals surface area contributed by atoms with Crippen LogP contribution in [0.5, 0.6) is 11.5 Å². The third-order valence-electron chi connectivity index (χ3n) is 3.36. The van der Waals surface area contributed by atoms with Gasteiger partial charge in [0.25, 0.3) is 0 Å². The molecule has 1 aromatic carbocycles. The van der Waals surface area contributed by atoms with E-state index in [0.717, 1.165) is 46.1 Å². The van der Waals surface area contributed by atoms with Gasteiger partial charge < -0.3 is 9.47 Å². The van der Waals surface area contributed by atoms with Crippen LogP contribution in [0.4, 0.5) is 0 Å². The van der Waals surface area contributed by atoms with Crippen LogP contribution >= 0.6 is 31.9 Å². The zero-order valence-corrected chi connectivity index (χ0v) is 13.9. The molecule has 0 bridgehead atoms. The van der Waals surface area contributed by atoms with Crippen molar-refractivity contribution in [3.05, 3.63) is 21.1 Å². The lowest BCUT2D eigenvalue weighted by Crippen LogP contribution is -2.11. The molecule has 104 valence electrons. The molecule has 2 rings (SSSR count). The van der Waals surface area contributed by atoms with Gasteiger partial charge in [-0.25, -0.2) is 0 Å². The fraction of sp³-hybridized carbons (Fsp3) is 0.500. The Bertz CT molecular complexity index is 474. The second-order valence-corrected chi connectivity index (χ2v) is 6.32. The van der Waals surface area contributed by atoms with E-state index in [4.69, 9.17) is 9.47 Å². The van der Waals surface area contributed by atoms with Crippen LogP contribution in [0.15, 0.2) is 21.1 Å². The molecular weight excluding hydrogens is 376 g/mol. The first-order valence-electron chi connectivity index (χ1n) is 6.30. The summed E-state index contributed by atoms with van der Waals surface area (Å²) in [5.74, 6) is 2.10. The quantitative estimate of drug-likeness (QED) is 0.748. The molecule has 0 amide bonds. The van der Waals surface area contributed by atoms with Gasteiger partial charge in [-0.3, -0.25) is 4.79 Å². The van der Waals surface area contributed by atoms with Crippen molar-refractivity contribution in [2.75, 3.05) is 13.7 Å². The van der Waals surface area contributed by atoms with Crippen molar-refractivity contribution in [3.8, 4) is 11.5 Å². The summed E-state index contributed by atoms with van der Waals surface area (Å²) in [6, 6.07) is 3.74. The normalized spacial score (nSPS) is 18.7. The van der Waals surface area contributed by atoms with Crippen molar-refractivity contribution in [2.24, 2.45) is 5.92 Å². The summed E-state index contributed by atoms with van der Waals surface area (Å²) in [7, 11) is 1.62. The van der Waals surface area contributed by atoms with E-state index < -0.39 is 0 Å². The number of hydrogen-bond donors (Lipinski definition) is 0. The van der Waals surface area contributed by atoms with Crippen molar-refractivity contribution in [3.63, 3.8) is 0 Å². The Kier molecular flexibility index (Phi) is 5.28. The number of rotatable bonds is 5. The van der Waals surface area contributed by atoms with E-state index in [-0.39, 0.29) is 5.92 Å². The van der Waals surface area contributed by atoms with Gasteiger partial charge in [0.2, 0.25) is 0 Å². The number of halogens is 2. The highest BCUT2D eigenvalue weighted by Crippen LogP contribution is 2.36. The molecule has 1 aliphatic carbocycles. The first-order chi connectivity index (χ1) is 9.11. The minimum atomic E-state index is 0.195. The van der Waals surface area contributed by atoms with Crippen LogP contribution in [0.1, 0.15) is 25.7 Å². The predicted octanol–water partition coefficient (Wildman–Crippen LogP) is 4.36. The first kappa shape index (κ1) is 14.9. The van der Waals surface area contributed by atoms with E-state index >= 15 is 0 Å². The van der Waals surface area contributed by atoms with Crippen LogP contribution in [-0.4, -0.2) is 19.5 Å². The minimum Gasteiger partial charge on any atom is -0.496 e. The molecule has 0 heterocycles. The maximum Gasteiger partial charge on any atom is 0.136 e. The van der Waals surface area contributed by atoms with Crippen molar-refractivity contribution in [1.29, 1.82) is 0 Å². The minimum absolute atomic E-state index is 0.195. The molecule has 3 nitrogen and oxygen atoms in total. The van der Waals surface area contributed by atoms with Gasteiger partial charge in [-0.05, 0) is 63.3 Å². The Balaban J connectivity index is 1.92. The third kappa shape index (κ3) is 3.72. The number of hydrogen-bond acceptors (Lipinski definition) is 3. The van der Waals surface area contributed by atoms with E-state index in [1.807, 2.05) is 12.1 Å². The summed E-state index contributed by atoms with van der Waals surface area (Å²) in [6.45, 7) is 0.563. The number of Topliss-reactive ketones (excluding diaryl/α,β-unsaturated/α-hetero) is 1. The molecule has 0 N–H and O–H groups in total. The molecule has 0 aliphatic heterocycles. The van der Waals surface area contributed by atoms with Gasteiger partial charge >= 0.3 is 0 Å². The molecule has 0 radical (unpaired) electrons. The molecule has 1 fully saturated rings. The standard InChI is InChI=1S/C14H16Br2O3/c1-18-13-7-11(16)14(8-10(13)15)19-6-5-9-3-2-4-12(9)17/h7-9H,2-6H2,1H3. The lowest BCUT2D eigenvalue weighted by Gasteiger charge is -2.13. The van der Waals surface area contributed by atoms with Crippen LogP contribution in [0, 0.1) is 5.92 Å². The molecule has 0 spiro atoms. The van der Waals surface area contributed by atoms with Crippen LogP contribution < -0.4 is 9.47 Å². The van der Waals surface area contributed by atoms with Gasteiger partial charge in [0.15, 0.2) is 0 Å². The molecule has 1 aromatic rings. The highest BCUT2D eigenvalue weighted by molar-refractivity contribution is 9.11. The zero-order chi connectivity index (χ0) is 13.8. The van der Waals surface area contributed by atoms with Crippen LogP contribution in [0.2, 0.25) is 0 Å². The molecule has 0 aromatic heterocycles. The molecule has 1 atom stereocenters. The fourth-order valence-electron chi connectivity index (χ4n) is 2.28. The maximum absolute atomic E-state index is 11.5. The van der Waals surface area contributed by atoms with Crippen molar-refractivity contribution in [2.45, 2.75) is 25.7 Å². The lowest BCUT2D eigenvalue weighted by molar-refractivity contribution is -0.121. The zero-order valence-electron chi connectivity index (χ0n) is 10.7. The average molecular weight is 392 g/mol. The molecule has 5 heteroatoms. The Morgan fingerprint density at radius 1 is 1.26 bits per heavy atom. The van der Waals surface area contributed by atoms with Gasteiger partial charge in [-0.1, -0.05) is 0 Å². The highest BCUT2D eigenvalue weighted by Gasteiger charge is 2.24. The largest absolute Gasteiger partial charge is 0.496 e. The smallest absolute Gasteiger partial charge is 0.136 e. The van der Waals surface area contributed by atoms with Gasteiger partial charge in [-0.15, -0.1) is 0 Å². The number of carbonyl (C=O) groups excluding carboxylic acids is 1. The summed E-state index contributed by atoms with van der Waals surface area (Å²) in [4.78, 5) is 11.5.